The molecular formula is C15H17N3O2. The molecule has 0 bridgehead atoms. The summed E-state index contributed by atoms with van der Waals surface area (Å²) in [6, 6.07) is 7.37. The molecular weight excluding hydrogens is 254 g/mol. The summed E-state index contributed by atoms with van der Waals surface area (Å²) in [5, 5.41) is 2.76. The van der Waals surface area contributed by atoms with E-state index >= 15 is 0 Å². The van der Waals surface area contributed by atoms with Gasteiger partial charge in [-0.1, -0.05) is 0 Å². The molecule has 0 aliphatic carbocycles. The highest BCUT2D eigenvalue weighted by Crippen LogP contribution is 2.08. The van der Waals surface area contributed by atoms with Gasteiger partial charge >= 0.3 is 0 Å². The number of pyridine rings is 2. The monoisotopic (exact) mass is 271 g/mol. The molecule has 0 radical (unpaired) electrons. The number of aromatic nitrogens is 2. The van der Waals surface area contributed by atoms with Gasteiger partial charge in [-0.05, 0) is 43.2 Å². The highest BCUT2D eigenvalue weighted by atomic mass is 16.5. The van der Waals surface area contributed by atoms with Crippen LogP contribution in [0.15, 0.2) is 42.9 Å². The van der Waals surface area contributed by atoms with Crippen LogP contribution in [0.2, 0.25) is 0 Å². The summed E-state index contributed by atoms with van der Waals surface area (Å²) in [6.45, 7) is 2.44. The second-order valence-corrected chi connectivity index (χ2v) is 4.41. The molecule has 5 heteroatoms. The lowest BCUT2D eigenvalue weighted by Crippen LogP contribution is -2.13. The van der Waals surface area contributed by atoms with Crippen molar-refractivity contribution in [1.29, 1.82) is 0 Å². The SMILES string of the molecule is Cc1ccnc(NC(=O)CCCOc2cccnc2)c1. The van der Waals surface area contributed by atoms with Crippen molar-refractivity contribution in [2.45, 2.75) is 19.8 Å². The molecule has 1 N–H and O–H groups in total. The van der Waals surface area contributed by atoms with Crippen LogP contribution in [0, 0.1) is 6.92 Å². The smallest absolute Gasteiger partial charge is 0.225 e. The minimum atomic E-state index is -0.0575. The number of carbonyl (C=O) groups excluding carboxylic acids is 1. The third-order valence-electron chi connectivity index (χ3n) is 2.63. The van der Waals surface area contributed by atoms with Gasteiger partial charge < -0.3 is 10.1 Å². The standard InChI is InChI=1S/C15H17N3O2/c1-12-6-8-17-14(10-12)18-15(19)5-3-9-20-13-4-2-7-16-11-13/h2,4,6-8,10-11H,3,5,9H2,1H3,(H,17,18,19). The predicted octanol–water partition coefficient (Wildman–Crippen LogP) is 2.58. The third-order valence-corrected chi connectivity index (χ3v) is 2.63. The summed E-state index contributed by atoms with van der Waals surface area (Å²) in [7, 11) is 0. The average molecular weight is 271 g/mol. The molecule has 2 heterocycles. The Balaban J connectivity index is 1.68. The molecule has 2 rings (SSSR count). The molecule has 0 atom stereocenters. The van der Waals surface area contributed by atoms with E-state index < -0.39 is 0 Å². The third kappa shape index (κ3) is 4.68. The van der Waals surface area contributed by atoms with E-state index in [1.165, 1.54) is 0 Å². The minimum Gasteiger partial charge on any atom is -0.492 e. The number of hydrogen-bond donors (Lipinski definition) is 1. The molecule has 2 aromatic heterocycles. The second-order valence-electron chi connectivity index (χ2n) is 4.41. The van der Waals surface area contributed by atoms with Gasteiger partial charge in [-0.2, -0.15) is 0 Å². The summed E-state index contributed by atoms with van der Waals surface area (Å²) >= 11 is 0. The fourth-order valence-electron chi connectivity index (χ4n) is 1.67. The Morgan fingerprint density at radius 1 is 1.35 bits per heavy atom. The van der Waals surface area contributed by atoms with Crippen LogP contribution < -0.4 is 10.1 Å². The van der Waals surface area contributed by atoms with E-state index in [1.54, 1.807) is 18.6 Å². The largest absolute Gasteiger partial charge is 0.492 e. The van der Waals surface area contributed by atoms with E-state index in [2.05, 4.69) is 15.3 Å². The van der Waals surface area contributed by atoms with Crippen LogP contribution in [-0.4, -0.2) is 22.5 Å². The quantitative estimate of drug-likeness (QED) is 0.820. The summed E-state index contributed by atoms with van der Waals surface area (Å²) in [4.78, 5) is 19.8. The Morgan fingerprint density at radius 2 is 2.25 bits per heavy atom. The van der Waals surface area contributed by atoms with Crippen molar-refractivity contribution in [3.8, 4) is 5.75 Å². The van der Waals surface area contributed by atoms with E-state index in [0.717, 1.165) is 5.56 Å². The molecule has 0 aliphatic heterocycles. The first kappa shape index (κ1) is 14.0. The molecule has 0 fully saturated rings. The van der Waals surface area contributed by atoms with Gasteiger partial charge in [0.2, 0.25) is 5.91 Å². The second kappa shape index (κ2) is 7.23. The minimum absolute atomic E-state index is 0.0575. The number of hydrogen-bond acceptors (Lipinski definition) is 4. The summed E-state index contributed by atoms with van der Waals surface area (Å²) in [5.74, 6) is 1.24. The van der Waals surface area contributed by atoms with E-state index in [-0.39, 0.29) is 5.91 Å². The Hall–Kier alpha value is -2.43. The lowest BCUT2D eigenvalue weighted by atomic mass is 10.3. The zero-order valence-electron chi connectivity index (χ0n) is 11.4. The molecule has 1 amide bonds. The maximum atomic E-state index is 11.7. The van der Waals surface area contributed by atoms with Crippen molar-refractivity contribution < 1.29 is 9.53 Å². The maximum absolute atomic E-state index is 11.7. The number of carbonyl (C=O) groups is 1. The number of aryl methyl sites for hydroxylation is 1. The molecule has 0 saturated carbocycles. The number of rotatable bonds is 6. The maximum Gasteiger partial charge on any atom is 0.225 e. The number of nitrogens with zero attached hydrogens (tertiary/aromatic N) is 2. The Labute approximate surface area is 118 Å². The Morgan fingerprint density at radius 3 is 3.00 bits per heavy atom. The topological polar surface area (TPSA) is 64.1 Å². The van der Waals surface area contributed by atoms with Gasteiger partial charge in [0.15, 0.2) is 0 Å². The molecule has 2 aromatic rings. The summed E-state index contributed by atoms with van der Waals surface area (Å²) < 4.78 is 5.47. The van der Waals surface area contributed by atoms with Crippen LogP contribution >= 0.6 is 0 Å². The molecule has 20 heavy (non-hydrogen) atoms. The fourth-order valence-corrected chi connectivity index (χ4v) is 1.67. The van der Waals surface area contributed by atoms with Crippen molar-refractivity contribution >= 4 is 11.7 Å². The number of amides is 1. The molecule has 104 valence electrons. The summed E-state index contributed by atoms with van der Waals surface area (Å²) in [6.07, 6.45) is 6.06. The number of nitrogens with one attached hydrogen (secondary N) is 1. The Bertz CT molecular complexity index is 558. The molecule has 0 spiro atoms. The van der Waals surface area contributed by atoms with Gasteiger partial charge in [-0.3, -0.25) is 9.78 Å². The van der Waals surface area contributed by atoms with Gasteiger partial charge in [0.25, 0.3) is 0 Å². The van der Waals surface area contributed by atoms with Crippen LogP contribution in [0.1, 0.15) is 18.4 Å². The first-order valence-electron chi connectivity index (χ1n) is 6.49. The van der Waals surface area contributed by atoms with Gasteiger partial charge in [0, 0.05) is 18.8 Å². The van der Waals surface area contributed by atoms with Crippen LogP contribution in [0.5, 0.6) is 5.75 Å². The molecule has 0 aromatic carbocycles. The zero-order valence-corrected chi connectivity index (χ0v) is 11.4. The van der Waals surface area contributed by atoms with Crippen LogP contribution in [0.4, 0.5) is 5.82 Å². The molecule has 0 saturated heterocycles. The van der Waals surface area contributed by atoms with Gasteiger partial charge in [-0.25, -0.2) is 4.98 Å². The van der Waals surface area contributed by atoms with Crippen molar-refractivity contribution in [3.05, 3.63) is 48.4 Å². The van der Waals surface area contributed by atoms with Gasteiger partial charge in [-0.15, -0.1) is 0 Å². The highest BCUT2D eigenvalue weighted by Gasteiger charge is 2.03. The average Bonchev–Trinajstić information content (AvgIpc) is 2.45. The van der Waals surface area contributed by atoms with Crippen molar-refractivity contribution in [1.82, 2.24) is 9.97 Å². The first-order valence-corrected chi connectivity index (χ1v) is 6.49. The molecule has 5 nitrogen and oxygen atoms in total. The van der Waals surface area contributed by atoms with E-state index in [9.17, 15) is 4.79 Å². The van der Waals surface area contributed by atoms with Crippen molar-refractivity contribution in [3.63, 3.8) is 0 Å². The lowest BCUT2D eigenvalue weighted by molar-refractivity contribution is -0.116. The van der Waals surface area contributed by atoms with E-state index in [0.29, 0.717) is 31.0 Å². The number of ether oxygens (including phenoxy) is 1. The van der Waals surface area contributed by atoms with Gasteiger partial charge in [0.1, 0.15) is 11.6 Å². The van der Waals surface area contributed by atoms with E-state index in [1.807, 2.05) is 31.2 Å². The van der Waals surface area contributed by atoms with Crippen molar-refractivity contribution in [2.24, 2.45) is 0 Å². The van der Waals surface area contributed by atoms with E-state index in [4.69, 9.17) is 4.74 Å². The van der Waals surface area contributed by atoms with Crippen LogP contribution in [0.3, 0.4) is 0 Å². The van der Waals surface area contributed by atoms with Crippen LogP contribution in [0.25, 0.3) is 0 Å². The zero-order chi connectivity index (χ0) is 14.2. The lowest BCUT2D eigenvalue weighted by Gasteiger charge is -2.06. The normalized spacial score (nSPS) is 10.1. The highest BCUT2D eigenvalue weighted by molar-refractivity contribution is 5.89. The summed E-state index contributed by atoms with van der Waals surface area (Å²) in [5.41, 5.74) is 1.07. The molecule has 0 unspecified atom stereocenters. The molecule has 0 aliphatic rings. The number of anilines is 1. The van der Waals surface area contributed by atoms with Crippen molar-refractivity contribution in [2.75, 3.05) is 11.9 Å². The van der Waals surface area contributed by atoms with Crippen LogP contribution in [-0.2, 0) is 4.79 Å². The predicted molar refractivity (Wildman–Crippen MR) is 76.6 cm³/mol. The fraction of sp³-hybridized carbons (Fsp3) is 0.267. The first-order chi connectivity index (χ1) is 9.74. The Kier molecular flexibility index (Phi) is 5.06. The van der Waals surface area contributed by atoms with Gasteiger partial charge in [0.05, 0.1) is 12.8 Å².